The summed E-state index contributed by atoms with van der Waals surface area (Å²) in [6, 6.07) is 0.840. The predicted molar refractivity (Wildman–Crippen MR) is 153 cm³/mol. The summed E-state index contributed by atoms with van der Waals surface area (Å²) in [6.07, 6.45) is -0.856. The van der Waals surface area contributed by atoms with Crippen molar-refractivity contribution in [1.82, 2.24) is 40.0 Å². The second kappa shape index (κ2) is 12.8. The van der Waals surface area contributed by atoms with Crippen LogP contribution in [0.3, 0.4) is 0 Å². The molecule has 4 atom stereocenters. The van der Waals surface area contributed by atoms with E-state index in [2.05, 4.69) is 20.7 Å². The summed E-state index contributed by atoms with van der Waals surface area (Å²) in [5.74, 6) is -6.30. The Labute approximate surface area is 261 Å². The van der Waals surface area contributed by atoms with Crippen molar-refractivity contribution >= 4 is 17.6 Å². The Kier molecular flexibility index (Phi) is 9.00. The van der Waals surface area contributed by atoms with Crippen LogP contribution in [0.15, 0.2) is 18.5 Å². The van der Waals surface area contributed by atoms with Crippen LogP contribution in [0.25, 0.3) is 5.78 Å². The van der Waals surface area contributed by atoms with E-state index in [9.17, 15) is 31.5 Å². The van der Waals surface area contributed by atoms with Crippen LogP contribution in [-0.2, 0) is 28.9 Å². The fourth-order valence-corrected chi connectivity index (χ4v) is 6.77. The van der Waals surface area contributed by atoms with E-state index < -0.39 is 48.3 Å². The molecule has 2 aliphatic heterocycles. The molecule has 1 aliphatic carbocycles. The summed E-state index contributed by atoms with van der Waals surface area (Å²) >= 11 is 0. The van der Waals surface area contributed by atoms with E-state index in [4.69, 9.17) is 14.8 Å². The van der Waals surface area contributed by atoms with Crippen molar-refractivity contribution in [2.24, 2.45) is 23.7 Å². The molecule has 0 radical (unpaired) electrons. The molecule has 0 spiro atoms. The van der Waals surface area contributed by atoms with E-state index in [1.54, 1.807) is 12.3 Å². The van der Waals surface area contributed by atoms with Crippen molar-refractivity contribution in [2.75, 3.05) is 19.8 Å². The fraction of sp³-hybridized carbons (Fsp3) is 0.667. The SMILES string of the molecule is CCn1nccc1C(=O)N[C@H](c1cn2nc(C[C@H]3C[C@@H](C(F)(F)F)CNC3=O)c(CC3CCOC3)nc2n1)C1CCC(F)(F)CC1. The zero-order valence-electron chi connectivity index (χ0n) is 25.4. The lowest BCUT2D eigenvalue weighted by molar-refractivity contribution is -0.183. The van der Waals surface area contributed by atoms with Gasteiger partial charge in [-0.15, -0.1) is 0 Å². The molecule has 3 aromatic rings. The van der Waals surface area contributed by atoms with Gasteiger partial charge in [-0.2, -0.15) is 23.4 Å². The smallest absolute Gasteiger partial charge is 0.381 e. The summed E-state index contributed by atoms with van der Waals surface area (Å²) in [5.41, 5.74) is 1.61. The molecule has 5 heterocycles. The standard InChI is InChI=1S/C30H37F5N8O3/c1-2-42-24(5-9-37-42)27(45)40-25(18-3-7-29(31,32)8-4-18)23-15-43-28(39-23)38-21(11-17-6-10-46-16-17)22(41-43)13-19-12-20(30(33,34)35)14-36-26(19)44/h5,9,15,17-20,25H,2-4,6-8,10-14,16H2,1H3,(H,36,44)(H,40,45)/t17?,19-,20-,25+/m1/s1. The van der Waals surface area contributed by atoms with Crippen LogP contribution in [0.5, 0.6) is 0 Å². The number of aromatic nitrogens is 6. The van der Waals surface area contributed by atoms with E-state index in [0.29, 0.717) is 49.0 Å². The molecule has 3 fully saturated rings. The van der Waals surface area contributed by atoms with Crippen molar-refractivity contribution in [1.29, 1.82) is 0 Å². The van der Waals surface area contributed by atoms with Gasteiger partial charge in [0.2, 0.25) is 11.8 Å². The molecule has 11 nitrogen and oxygen atoms in total. The van der Waals surface area contributed by atoms with Crippen molar-refractivity contribution < 1.29 is 36.3 Å². The molecule has 1 unspecified atom stereocenters. The van der Waals surface area contributed by atoms with Gasteiger partial charge in [-0.05, 0) is 56.9 Å². The van der Waals surface area contributed by atoms with Crippen molar-refractivity contribution in [2.45, 2.75) is 83.0 Å². The number of amides is 2. The van der Waals surface area contributed by atoms with Gasteiger partial charge in [0.25, 0.3) is 11.7 Å². The quantitative estimate of drug-likeness (QED) is 0.334. The molecule has 0 bridgehead atoms. The molecule has 2 saturated heterocycles. The Bertz CT molecular complexity index is 1560. The third-order valence-corrected chi connectivity index (χ3v) is 9.44. The number of rotatable bonds is 9. The minimum absolute atomic E-state index is 0.0450. The molecular formula is C30H37F5N8O3. The second-order valence-electron chi connectivity index (χ2n) is 12.6. The number of carbonyl (C=O) groups is 2. The number of hydrogen-bond acceptors (Lipinski definition) is 7. The number of aryl methyl sites for hydroxylation is 1. The monoisotopic (exact) mass is 652 g/mol. The Balaban J connectivity index is 1.34. The van der Waals surface area contributed by atoms with Crippen LogP contribution in [0, 0.1) is 23.7 Å². The molecule has 6 rings (SSSR count). The van der Waals surface area contributed by atoms with Gasteiger partial charge < -0.3 is 15.4 Å². The zero-order chi connectivity index (χ0) is 32.6. The highest BCUT2D eigenvalue weighted by molar-refractivity contribution is 5.92. The third kappa shape index (κ3) is 7.00. The third-order valence-electron chi connectivity index (χ3n) is 9.44. The number of hydrogen-bond donors (Lipinski definition) is 2. The lowest BCUT2D eigenvalue weighted by atomic mass is 9.81. The molecule has 2 N–H and O–H groups in total. The van der Waals surface area contributed by atoms with Gasteiger partial charge in [0, 0.05) is 57.7 Å². The van der Waals surface area contributed by atoms with Crippen LogP contribution in [-0.4, -0.2) is 73.0 Å². The largest absolute Gasteiger partial charge is 0.393 e. The summed E-state index contributed by atoms with van der Waals surface area (Å²) in [7, 11) is 0. The minimum Gasteiger partial charge on any atom is -0.381 e. The second-order valence-corrected chi connectivity index (χ2v) is 12.6. The Morgan fingerprint density at radius 1 is 1.17 bits per heavy atom. The number of imidazole rings is 1. The summed E-state index contributed by atoms with van der Waals surface area (Å²) in [4.78, 5) is 35.5. The Hall–Kier alpha value is -3.69. The number of nitrogens with one attached hydrogen (secondary N) is 2. The molecule has 0 aromatic carbocycles. The van der Waals surface area contributed by atoms with Gasteiger partial charge in [-0.1, -0.05) is 0 Å². The highest BCUT2D eigenvalue weighted by atomic mass is 19.4. The van der Waals surface area contributed by atoms with Crippen molar-refractivity contribution in [3.05, 3.63) is 41.2 Å². The van der Waals surface area contributed by atoms with Gasteiger partial charge in [-0.25, -0.2) is 23.3 Å². The van der Waals surface area contributed by atoms with E-state index in [1.165, 1.54) is 15.4 Å². The van der Waals surface area contributed by atoms with Gasteiger partial charge in [0.1, 0.15) is 5.69 Å². The molecule has 16 heteroatoms. The molecule has 2 amide bonds. The molecule has 250 valence electrons. The first-order valence-corrected chi connectivity index (χ1v) is 15.8. The number of carbonyl (C=O) groups excluding carboxylic acids is 2. The zero-order valence-corrected chi connectivity index (χ0v) is 25.4. The Morgan fingerprint density at radius 2 is 1.96 bits per heavy atom. The number of halogens is 5. The van der Waals surface area contributed by atoms with Gasteiger partial charge >= 0.3 is 6.18 Å². The summed E-state index contributed by atoms with van der Waals surface area (Å²) < 4.78 is 77.4. The van der Waals surface area contributed by atoms with E-state index in [-0.39, 0.29) is 56.1 Å². The Morgan fingerprint density at radius 3 is 2.65 bits per heavy atom. The average molecular weight is 653 g/mol. The van der Waals surface area contributed by atoms with Gasteiger partial charge in [0.05, 0.1) is 35.2 Å². The molecule has 1 saturated carbocycles. The van der Waals surface area contributed by atoms with Crippen molar-refractivity contribution in [3.63, 3.8) is 0 Å². The highest BCUT2D eigenvalue weighted by Crippen LogP contribution is 2.41. The van der Waals surface area contributed by atoms with E-state index in [0.717, 1.165) is 6.42 Å². The number of fused-ring (bicyclic) bond motifs is 1. The number of piperidine rings is 1. The number of alkyl halides is 5. The topological polar surface area (TPSA) is 128 Å². The number of ether oxygens (including phenoxy) is 1. The number of nitrogens with zero attached hydrogens (tertiary/aromatic N) is 6. The maximum Gasteiger partial charge on any atom is 0.393 e. The summed E-state index contributed by atoms with van der Waals surface area (Å²) in [6.45, 7) is 2.93. The van der Waals surface area contributed by atoms with Gasteiger partial charge in [-0.3, -0.25) is 14.3 Å². The minimum atomic E-state index is -4.44. The molecule has 3 aliphatic rings. The van der Waals surface area contributed by atoms with Crippen LogP contribution in [0.4, 0.5) is 22.0 Å². The first kappa shape index (κ1) is 32.3. The van der Waals surface area contributed by atoms with Crippen molar-refractivity contribution in [3.8, 4) is 0 Å². The maximum absolute atomic E-state index is 14.1. The van der Waals surface area contributed by atoms with Crippen LogP contribution in [0.1, 0.15) is 79.1 Å². The average Bonchev–Trinajstić information content (AvgIpc) is 3.78. The van der Waals surface area contributed by atoms with E-state index in [1.807, 2.05) is 6.92 Å². The lowest BCUT2D eigenvalue weighted by Crippen LogP contribution is -2.47. The summed E-state index contributed by atoms with van der Waals surface area (Å²) in [5, 5.41) is 14.2. The lowest BCUT2D eigenvalue weighted by Gasteiger charge is -2.33. The normalized spacial score (nSPS) is 24.7. The first-order chi connectivity index (χ1) is 21.9. The van der Waals surface area contributed by atoms with Crippen LogP contribution in [0.2, 0.25) is 0 Å². The first-order valence-electron chi connectivity index (χ1n) is 15.8. The predicted octanol–water partition coefficient (Wildman–Crippen LogP) is 4.07. The molecule has 46 heavy (non-hydrogen) atoms. The van der Waals surface area contributed by atoms with Crippen LogP contribution >= 0.6 is 0 Å². The van der Waals surface area contributed by atoms with Crippen LogP contribution < -0.4 is 10.6 Å². The van der Waals surface area contributed by atoms with Gasteiger partial charge in [0.15, 0.2) is 0 Å². The molecule has 3 aromatic heterocycles. The highest BCUT2D eigenvalue weighted by Gasteiger charge is 2.45. The maximum atomic E-state index is 14.1. The molecular weight excluding hydrogens is 615 g/mol. The van der Waals surface area contributed by atoms with E-state index >= 15 is 0 Å². The fourth-order valence-electron chi connectivity index (χ4n) is 6.77.